The summed E-state index contributed by atoms with van der Waals surface area (Å²) in [6.07, 6.45) is 4.64. The van der Waals surface area contributed by atoms with E-state index in [1.807, 2.05) is 20.0 Å². The zero-order chi connectivity index (χ0) is 12.1. The Morgan fingerprint density at radius 2 is 2.00 bits per heavy atom. The van der Waals surface area contributed by atoms with E-state index in [-0.39, 0.29) is 6.10 Å². The van der Waals surface area contributed by atoms with E-state index in [2.05, 4.69) is 39.7 Å². The molecule has 0 aromatic carbocycles. The molecule has 0 fully saturated rings. The molecule has 0 spiro atoms. The van der Waals surface area contributed by atoms with Crippen molar-refractivity contribution in [1.82, 2.24) is 9.97 Å². The monoisotopic (exact) mass is 286 g/mol. The van der Waals surface area contributed by atoms with Gasteiger partial charge in [0.15, 0.2) is 0 Å². The molecule has 0 aliphatic carbocycles. The van der Waals surface area contributed by atoms with Gasteiger partial charge in [-0.2, -0.15) is 0 Å². The third-order valence-electron chi connectivity index (χ3n) is 2.36. The van der Waals surface area contributed by atoms with Gasteiger partial charge in [0.05, 0.1) is 18.0 Å². The summed E-state index contributed by atoms with van der Waals surface area (Å²) in [6.45, 7) is 8.25. The Hall–Kier alpha value is -0.640. The van der Waals surface area contributed by atoms with Gasteiger partial charge in [-0.3, -0.25) is 4.98 Å². The summed E-state index contributed by atoms with van der Waals surface area (Å²) in [5, 5.41) is 0. The molecule has 0 amide bonds. The predicted octanol–water partition coefficient (Wildman–Crippen LogP) is 3.54. The minimum atomic E-state index is 0.131. The van der Waals surface area contributed by atoms with Crippen LogP contribution in [0.5, 0.6) is 5.88 Å². The van der Waals surface area contributed by atoms with Crippen LogP contribution in [0.3, 0.4) is 0 Å². The molecule has 16 heavy (non-hydrogen) atoms. The van der Waals surface area contributed by atoms with Crippen molar-refractivity contribution in [3.8, 4) is 5.88 Å². The average molecular weight is 287 g/mol. The quantitative estimate of drug-likeness (QED) is 0.777. The number of hydrogen-bond acceptors (Lipinski definition) is 3. The molecule has 90 valence electrons. The van der Waals surface area contributed by atoms with Crippen LogP contribution in [-0.4, -0.2) is 20.9 Å². The smallest absolute Gasteiger partial charge is 0.232 e. The maximum Gasteiger partial charge on any atom is 0.232 e. The van der Waals surface area contributed by atoms with Gasteiger partial charge in [0, 0.05) is 16.9 Å². The fraction of sp³-hybridized carbons (Fsp3) is 0.667. The van der Waals surface area contributed by atoms with Crippen LogP contribution in [0.2, 0.25) is 0 Å². The zero-order valence-electron chi connectivity index (χ0n) is 10.3. The maximum atomic E-state index is 5.54. The van der Waals surface area contributed by atoms with Gasteiger partial charge in [-0.05, 0) is 20.3 Å². The van der Waals surface area contributed by atoms with Crippen molar-refractivity contribution in [2.75, 3.05) is 0 Å². The summed E-state index contributed by atoms with van der Waals surface area (Å²) in [5.41, 5.74) is 0.991. The van der Waals surface area contributed by atoms with E-state index in [1.165, 1.54) is 0 Å². The summed E-state index contributed by atoms with van der Waals surface area (Å²) >= 11 is 3.60. The summed E-state index contributed by atoms with van der Waals surface area (Å²) in [6, 6.07) is 0. The summed E-state index contributed by atoms with van der Waals surface area (Å²) in [5.74, 6) is 0.988. The number of hydrogen-bond donors (Lipinski definition) is 0. The van der Waals surface area contributed by atoms with Crippen LogP contribution in [0.15, 0.2) is 12.4 Å². The SMILES string of the molecule is CCC(c1cncc(OC(C)C)n1)C(C)Br. The molecule has 2 unspecified atom stereocenters. The minimum Gasteiger partial charge on any atom is -0.474 e. The molecule has 0 aliphatic rings. The van der Waals surface area contributed by atoms with Crippen molar-refractivity contribution in [3.63, 3.8) is 0 Å². The maximum absolute atomic E-state index is 5.54. The fourth-order valence-electron chi connectivity index (χ4n) is 1.61. The van der Waals surface area contributed by atoms with Gasteiger partial charge in [0.1, 0.15) is 0 Å². The Bertz CT molecular complexity index is 329. The molecule has 2 atom stereocenters. The van der Waals surface area contributed by atoms with E-state index < -0.39 is 0 Å². The molecule has 0 aliphatic heterocycles. The van der Waals surface area contributed by atoms with Crippen LogP contribution in [-0.2, 0) is 0 Å². The Kier molecular flexibility index (Phi) is 5.19. The van der Waals surface area contributed by atoms with Crippen molar-refractivity contribution in [3.05, 3.63) is 18.1 Å². The Morgan fingerprint density at radius 1 is 1.31 bits per heavy atom. The van der Waals surface area contributed by atoms with Crippen molar-refractivity contribution < 1.29 is 4.74 Å². The number of halogens is 1. The van der Waals surface area contributed by atoms with Crippen LogP contribution >= 0.6 is 15.9 Å². The largest absolute Gasteiger partial charge is 0.474 e. The molecular formula is C12H19BrN2O. The van der Waals surface area contributed by atoms with E-state index in [4.69, 9.17) is 4.74 Å². The summed E-state index contributed by atoms with van der Waals surface area (Å²) in [7, 11) is 0. The van der Waals surface area contributed by atoms with Gasteiger partial charge < -0.3 is 4.74 Å². The molecule has 1 heterocycles. The number of ether oxygens (including phenoxy) is 1. The van der Waals surface area contributed by atoms with Gasteiger partial charge in [-0.15, -0.1) is 0 Å². The minimum absolute atomic E-state index is 0.131. The first-order valence-corrected chi connectivity index (χ1v) is 6.58. The lowest BCUT2D eigenvalue weighted by atomic mass is 10.00. The van der Waals surface area contributed by atoms with Crippen molar-refractivity contribution in [2.24, 2.45) is 0 Å². The van der Waals surface area contributed by atoms with Crippen molar-refractivity contribution in [1.29, 1.82) is 0 Å². The lowest BCUT2D eigenvalue weighted by Gasteiger charge is -2.17. The molecule has 0 radical (unpaired) electrons. The second-order valence-electron chi connectivity index (χ2n) is 4.14. The highest BCUT2D eigenvalue weighted by atomic mass is 79.9. The molecule has 0 N–H and O–H groups in total. The first kappa shape index (κ1) is 13.4. The van der Waals surface area contributed by atoms with Crippen LogP contribution in [0.1, 0.15) is 45.7 Å². The molecule has 0 saturated heterocycles. The fourth-order valence-corrected chi connectivity index (χ4v) is 2.25. The average Bonchev–Trinajstić information content (AvgIpc) is 2.17. The molecule has 1 aromatic rings. The van der Waals surface area contributed by atoms with E-state index in [9.17, 15) is 0 Å². The Balaban J connectivity index is 2.88. The van der Waals surface area contributed by atoms with E-state index in [0.717, 1.165) is 12.1 Å². The lowest BCUT2D eigenvalue weighted by molar-refractivity contribution is 0.230. The Morgan fingerprint density at radius 3 is 2.50 bits per heavy atom. The molecule has 3 nitrogen and oxygen atoms in total. The number of alkyl halides is 1. The number of nitrogens with zero attached hydrogens (tertiary/aromatic N) is 2. The number of rotatable bonds is 5. The first-order valence-electron chi connectivity index (χ1n) is 5.67. The second kappa shape index (κ2) is 6.18. The third kappa shape index (κ3) is 3.74. The highest BCUT2D eigenvalue weighted by Crippen LogP contribution is 2.27. The molecule has 0 saturated carbocycles. The molecule has 1 aromatic heterocycles. The topological polar surface area (TPSA) is 35.0 Å². The van der Waals surface area contributed by atoms with Crippen LogP contribution in [0.25, 0.3) is 0 Å². The van der Waals surface area contributed by atoms with Gasteiger partial charge in [0.2, 0.25) is 5.88 Å². The van der Waals surface area contributed by atoms with Gasteiger partial charge in [-0.1, -0.05) is 29.8 Å². The molecular weight excluding hydrogens is 268 g/mol. The Labute approximate surface area is 106 Å². The van der Waals surface area contributed by atoms with Crippen LogP contribution in [0.4, 0.5) is 0 Å². The molecule has 4 heteroatoms. The molecule has 0 bridgehead atoms. The van der Waals surface area contributed by atoms with Gasteiger partial charge in [-0.25, -0.2) is 4.98 Å². The highest BCUT2D eigenvalue weighted by Gasteiger charge is 2.17. The van der Waals surface area contributed by atoms with Crippen molar-refractivity contribution in [2.45, 2.75) is 51.0 Å². The normalized spacial score (nSPS) is 14.9. The highest BCUT2D eigenvalue weighted by molar-refractivity contribution is 9.09. The molecule has 1 rings (SSSR count). The summed E-state index contributed by atoms with van der Waals surface area (Å²) < 4.78 is 5.54. The zero-order valence-corrected chi connectivity index (χ0v) is 11.9. The second-order valence-corrected chi connectivity index (χ2v) is 5.59. The first-order chi connectivity index (χ1) is 7.54. The van der Waals surface area contributed by atoms with Crippen molar-refractivity contribution >= 4 is 15.9 Å². The van der Waals surface area contributed by atoms with E-state index in [0.29, 0.717) is 16.6 Å². The third-order valence-corrected chi connectivity index (χ3v) is 3.00. The van der Waals surface area contributed by atoms with Crippen LogP contribution in [0, 0.1) is 0 Å². The van der Waals surface area contributed by atoms with E-state index in [1.54, 1.807) is 6.20 Å². The standard InChI is InChI=1S/C12H19BrN2O/c1-5-10(9(4)13)11-6-14-7-12(15-11)16-8(2)3/h6-10H,5H2,1-4H3. The predicted molar refractivity (Wildman–Crippen MR) is 69.2 cm³/mol. The van der Waals surface area contributed by atoms with Gasteiger partial charge in [0.25, 0.3) is 0 Å². The summed E-state index contributed by atoms with van der Waals surface area (Å²) in [4.78, 5) is 9.06. The van der Waals surface area contributed by atoms with Gasteiger partial charge >= 0.3 is 0 Å². The van der Waals surface area contributed by atoms with Crippen LogP contribution < -0.4 is 4.74 Å². The lowest BCUT2D eigenvalue weighted by Crippen LogP contribution is -2.13. The van der Waals surface area contributed by atoms with E-state index >= 15 is 0 Å². The number of aromatic nitrogens is 2.